The molecule has 0 aliphatic carbocycles. The quantitative estimate of drug-likeness (QED) is 0.462. The number of anilines is 2. The third-order valence-corrected chi connectivity index (χ3v) is 9.60. The third kappa shape index (κ3) is 4.35. The molecular weight excluding hydrogens is 539 g/mol. The Morgan fingerprint density at radius 1 is 1.05 bits per heavy atom. The van der Waals surface area contributed by atoms with E-state index in [0.29, 0.717) is 15.6 Å². The number of aromatic nitrogens is 1. The number of fused-ring (bicyclic) bond motifs is 2. The Bertz CT molecular complexity index is 1530. The molecule has 3 aromatic rings. The van der Waals surface area contributed by atoms with Gasteiger partial charge in [-0.1, -0.05) is 60.7 Å². The molecule has 1 saturated heterocycles. The van der Waals surface area contributed by atoms with Gasteiger partial charge in [-0.3, -0.25) is 23.7 Å². The monoisotopic (exact) mass is 561 g/mol. The number of imide groups is 1. The summed E-state index contributed by atoms with van der Waals surface area (Å²) in [6.07, 6.45) is -4.64. The molecule has 0 spiro atoms. The van der Waals surface area contributed by atoms with Gasteiger partial charge in [0, 0.05) is 16.0 Å². The molecule has 38 heavy (non-hydrogen) atoms. The number of thioether (sulfide) groups is 1. The summed E-state index contributed by atoms with van der Waals surface area (Å²) >= 11 is 1.91. The summed E-state index contributed by atoms with van der Waals surface area (Å²) in [6.45, 7) is 5.09. The first kappa shape index (κ1) is 26.2. The molecule has 3 heterocycles. The van der Waals surface area contributed by atoms with Crippen molar-refractivity contribution < 1.29 is 27.6 Å². The number of rotatable bonds is 4. The molecule has 12 heteroatoms. The van der Waals surface area contributed by atoms with E-state index in [9.17, 15) is 32.3 Å². The fourth-order valence-corrected chi connectivity index (χ4v) is 7.86. The maximum Gasteiger partial charge on any atom is 0.416 e. The van der Waals surface area contributed by atoms with Crippen molar-refractivity contribution in [3.63, 3.8) is 0 Å². The smallest absolute Gasteiger partial charge is 0.325 e. The molecule has 0 saturated carbocycles. The van der Waals surface area contributed by atoms with Crippen molar-refractivity contribution in [2.24, 2.45) is 5.92 Å². The van der Waals surface area contributed by atoms with Crippen LogP contribution in [-0.2, 0) is 32.5 Å². The van der Waals surface area contributed by atoms with Crippen LogP contribution in [0.4, 0.5) is 24.5 Å². The van der Waals surface area contributed by atoms with Gasteiger partial charge in [0.2, 0.25) is 17.7 Å². The van der Waals surface area contributed by atoms with E-state index in [1.165, 1.54) is 10.6 Å². The standard InChI is InChI=1S/C26H22F3N3O4S2/c1-13-7-9-15(10-8-13)30-17(33)12-31-23-20(38-24(31)36)25(2,3)18-19(37-23)22(35)32(21(18)34)16-6-4-5-14(11-16)26(27,28)29/h4-11,18-19H,12H2,1-3H3,(H,30,33)/t18-,19+/m1/s1. The maximum absolute atomic E-state index is 13.5. The molecule has 1 N–H and O–H groups in total. The summed E-state index contributed by atoms with van der Waals surface area (Å²) in [6, 6.07) is 11.3. The summed E-state index contributed by atoms with van der Waals surface area (Å²) in [4.78, 5) is 53.6. The van der Waals surface area contributed by atoms with Gasteiger partial charge in [0.05, 0.1) is 22.2 Å². The fourth-order valence-electron chi connectivity index (χ4n) is 4.82. The van der Waals surface area contributed by atoms with Crippen molar-refractivity contribution in [1.82, 2.24) is 4.57 Å². The summed E-state index contributed by atoms with van der Waals surface area (Å²) in [5, 5.41) is 2.20. The molecule has 1 fully saturated rings. The van der Waals surface area contributed by atoms with E-state index in [0.717, 1.165) is 51.8 Å². The van der Waals surface area contributed by atoms with E-state index in [1.54, 1.807) is 26.0 Å². The largest absolute Gasteiger partial charge is 0.416 e. The van der Waals surface area contributed by atoms with Crippen LogP contribution in [0, 0.1) is 12.8 Å². The Kier molecular flexibility index (Phi) is 6.30. The molecule has 7 nitrogen and oxygen atoms in total. The normalized spacial score (nSPS) is 20.3. The molecule has 2 aliphatic heterocycles. The highest BCUT2D eigenvalue weighted by molar-refractivity contribution is 8.00. The number of nitrogens with zero attached hydrogens (tertiary/aromatic N) is 2. The first-order chi connectivity index (χ1) is 17.8. The minimum atomic E-state index is -4.64. The number of alkyl halides is 3. The van der Waals surface area contributed by atoms with Crippen molar-refractivity contribution >= 4 is 52.2 Å². The molecular formula is C26H22F3N3O4S2. The molecule has 3 amide bonds. The van der Waals surface area contributed by atoms with Crippen LogP contribution >= 0.6 is 23.1 Å². The van der Waals surface area contributed by atoms with Crippen LogP contribution < -0.4 is 15.1 Å². The Hall–Kier alpha value is -3.38. The van der Waals surface area contributed by atoms with Crippen LogP contribution in [0.1, 0.15) is 29.9 Å². The van der Waals surface area contributed by atoms with Crippen LogP contribution in [-0.4, -0.2) is 27.5 Å². The number of nitrogens with one attached hydrogen (secondary N) is 1. The number of amides is 3. The summed E-state index contributed by atoms with van der Waals surface area (Å²) in [5.74, 6) is -2.60. The number of thiazole rings is 1. The van der Waals surface area contributed by atoms with Crippen LogP contribution in [0.3, 0.4) is 0 Å². The van der Waals surface area contributed by atoms with E-state index in [4.69, 9.17) is 0 Å². The van der Waals surface area contributed by atoms with Crippen molar-refractivity contribution in [3.05, 3.63) is 74.2 Å². The first-order valence-corrected chi connectivity index (χ1v) is 13.3. The van der Waals surface area contributed by atoms with Crippen LogP contribution in [0.25, 0.3) is 0 Å². The Balaban J connectivity index is 1.46. The van der Waals surface area contributed by atoms with Gasteiger partial charge in [0.1, 0.15) is 11.8 Å². The van der Waals surface area contributed by atoms with Crippen molar-refractivity contribution in [2.75, 3.05) is 10.2 Å². The maximum atomic E-state index is 13.5. The van der Waals surface area contributed by atoms with Crippen molar-refractivity contribution in [3.8, 4) is 0 Å². The summed E-state index contributed by atoms with van der Waals surface area (Å²) in [7, 11) is 0. The SMILES string of the molecule is Cc1ccc(NC(=O)Cn2c3c(sc2=O)C(C)(C)[C@H]2C(=O)N(c4cccc(C(F)(F)F)c4)C(=O)[C@H]2S3)cc1. The Morgan fingerprint density at radius 3 is 2.39 bits per heavy atom. The topological polar surface area (TPSA) is 88.5 Å². The zero-order chi connectivity index (χ0) is 27.6. The molecule has 2 aliphatic rings. The number of halogens is 3. The van der Waals surface area contributed by atoms with Gasteiger partial charge in [-0.2, -0.15) is 13.2 Å². The van der Waals surface area contributed by atoms with Crippen molar-refractivity contribution in [2.45, 2.75) is 49.2 Å². The summed E-state index contributed by atoms with van der Waals surface area (Å²) < 4.78 is 41.2. The first-order valence-electron chi connectivity index (χ1n) is 11.6. The Labute approximate surface area is 223 Å². The van der Waals surface area contributed by atoms with E-state index in [2.05, 4.69) is 5.32 Å². The highest BCUT2D eigenvalue weighted by Crippen LogP contribution is 2.54. The van der Waals surface area contributed by atoms with Gasteiger partial charge in [-0.05, 0) is 37.3 Å². The fraction of sp³-hybridized carbons (Fsp3) is 0.308. The zero-order valence-corrected chi connectivity index (χ0v) is 22.1. The second-order valence-corrected chi connectivity index (χ2v) is 11.9. The highest BCUT2D eigenvalue weighted by Gasteiger charge is 2.59. The average molecular weight is 562 g/mol. The van der Waals surface area contributed by atoms with Crippen LogP contribution in [0.15, 0.2) is 58.4 Å². The molecule has 0 bridgehead atoms. The van der Waals surface area contributed by atoms with E-state index in [-0.39, 0.29) is 12.2 Å². The number of hydrogen-bond donors (Lipinski definition) is 1. The average Bonchev–Trinajstić information content (AvgIpc) is 3.29. The van der Waals surface area contributed by atoms with Gasteiger partial charge < -0.3 is 5.32 Å². The van der Waals surface area contributed by atoms with Gasteiger partial charge >= 0.3 is 11.0 Å². The van der Waals surface area contributed by atoms with Crippen LogP contribution in [0.5, 0.6) is 0 Å². The predicted molar refractivity (Wildman–Crippen MR) is 138 cm³/mol. The van der Waals surface area contributed by atoms with E-state index in [1.807, 2.05) is 19.1 Å². The number of aryl methyl sites for hydroxylation is 1. The molecule has 2 atom stereocenters. The second kappa shape index (κ2) is 9.12. The predicted octanol–water partition coefficient (Wildman–Crippen LogP) is 4.82. The van der Waals surface area contributed by atoms with Crippen molar-refractivity contribution in [1.29, 1.82) is 0 Å². The lowest BCUT2D eigenvalue weighted by Crippen LogP contribution is -2.42. The lowest BCUT2D eigenvalue weighted by molar-refractivity contribution is -0.137. The molecule has 0 unspecified atom stereocenters. The minimum Gasteiger partial charge on any atom is -0.325 e. The molecule has 0 radical (unpaired) electrons. The number of carbonyl (C=O) groups is 3. The highest BCUT2D eigenvalue weighted by atomic mass is 32.2. The molecule has 5 rings (SSSR count). The van der Waals surface area contributed by atoms with Gasteiger partial charge in [0.15, 0.2) is 0 Å². The molecule has 1 aromatic heterocycles. The Morgan fingerprint density at radius 2 is 1.74 bits per heavy atom. The lowest BCUT2D eigenvalue weighted by Gasteiger charge is -2.36. The number of benzene rings is 2. The second-order valence-electron chi connectivity index (χ2n) is 9.80. The molecule has 198 valence electrons. The third-order valence-electron chi connectivity index (χ3n) is 6.77. The zero-order valence-electron chi connectivity index (χ0n) is 20.5. The van der Waals surface area contributed by atoms with Gasteiger partial charge in [-0.15, -0.1) is 0 Å². The summed E-state index contributed by atoms with van der Waals surface area (Å²) in [5.41, 5.74) is -0.506. The van der Waals surface area contributed by atoms with E-state index >= 15 is 0 Å². The number of hydrogen-bond acceptors (Lipinski definition) is 6. The minimum absolute atomic E-state index is 0.154. The van der Waals surface area contributed by atoms with E-state index < -0.39 is 50.9 Å². The number of carbonyl (C=O) groups excluding carboxylic acids is 3. The molecule has 2 aromatic carbocycles. The van der Waals surface area contributed by atoms with Crippen LogP contribution in [0.2, 0.25) is 0 Å². The van der Waals surface area contributed by atoms with Gasteiger partial charge in [-0.25, -0.2) is 4.90 Å². The van der Waals surface area contributed by atoms with Gasteiger partial charge in [0.25, 0.3) is 0 Å². The lowest BCUT2D eigenvalue weighted by atomic mass is 9.76.